The molecular weight excluding hydrogens is 710 g/mol. The summed E-state index contributed by atoms with van der Waals surface area (Å²) in [5.41, 5.74) is 35.0. The van der Waals surface area contributed by atoms with Gasteiger partial charge < -0.3 is 39.3 Å². The molecule has 0 aliphatic heterocycles. The molecule has 0 radical (unpaired) electrons. The largest absolute Gasteiger partial charge is 0.330 e. The minimum atomic E-state index is 0.719. The Hall–Kier alpha value is -0.400. The number of halogens is 3. The van der Waals surface area contributed by atoms with Gasteiger partial charge in [-0.2, -0.15) is 0 Å². The topological polar surface area (TPSA) is 154 Å². The molecule has 0 fully saturated rings. The number of alkyl halides is 3. The van der Waals surface area contributed by atoms with E-state index in [0.29, 0.717) is 0 Å². The average Bonchev–Trinajstić information content (AvgIpc) is 3.00. The van der Waals surface area contributed by atoms with Crippen LogP contribution in [-0.4, -0.2) is 45.8 Å². The number of nitrogens with two attached hydrogens (primary N) is 5. The van der Waals surface area contributed by atoms with Crippen LogP contribution in [0.25, 0.3) is 0 Å². The number of unbranched alkanes of at least 4 members (excludes halogenated alkanes) is 2. The van der Waals surface area contributed by atoms with Gasteiger partial charge in [0.05, 0.1) is 0 Å². The van der Waals surface area contributed by atoms with E-state index in [1.54, 1.807) is 0 Å². The zero-order valence-electron chi connectivity index (χ0n) is 24.9. The molecule has 12 N–H and O–H groups in total. The predicted molar refractivity (Wildman–Crippen MR) is 191 cm³/mol. The molecule has 0 unspecified atom stereocenters. The first-order valence-corrected chi connectivity index (χ1v) is 18.2. The van der Waals surface area contributed by atoms with Crippen LogP contribution in [0.5, 0.6) is 0 Å². The van der Waals surface area contributed by atoms with Crippen molar-refractivity contribution < 1.29 is 0 Å². The predicted octanol–water partition coefficient (Wildman–Crippen LogP) is 4.90. The Balaban J connectivity index is 0.000000775. The lowest BCUT2D eigenvalue weighted by atomic mass is 10.0. The summed E-state index contributed by atoms with van der Waals surface area (Å²) in [4.78, 5) is 0. The molecule has 236 valence electrons. The first-order chi connectivity index (χ1) is 20.0. The second kappa shape index (κ2) is 29.7. The van der Waals surface area contributed by atoms with E-state index < -0.39 is 0 Å². The molecule has 0 aliphatic carbocycles. The second-order valence-electron chi connectivity index (χ2n) is 9.88. The molecule has 0 bridgehead atoms. The minimum absolute atomic E-state index is 0.719. The maximum atomic E-state index is 5.58. The summed E-state index contributed by atoms with van der Waals surface area (Å²) in [5, 5.41) is 9.73. The molecule has 41 heavy (non-hydrogen) atoms. The highest BCUT2D eigenvalue weighted by Crippen LogP contribution is 2.17. The van der Waals surface area contributed by atoms with Crippen LogP contribution in [0.4, 0.5) is 0 Å². The summed E-state index contributed by atoms with van der Waals surface area (Å²) in [5.74, 6) is 0. The molecule has 0 heterocycles. The summed E-state index contributed by atoms with van der Waals surface area (Å²) in [6.07, 6.45) is 7.65. The van der Waals surface area contributed by atoms with E-state index in [-0.39, 0.29) is 0 Å². The van der Waals surface area contributed by atoms with Crippen LogP contribution in [0.3, 0.4) is 0 Å². The summed E-state index contributed by atoms with van der Waals surface area (Å²) in [6.45, 7) is 7.48. The number of hydrogen-bond acceptors (Lipinski definition) is 7. The van der Waals surface area contributed by atoms with Gasteiger partial charge in [0, 0.05) is 29.1 Å². The van der Waals surface area contributed by atoms with Crippen molar-refractivity contribution in [3.63, 3.8) is 0 Å². The summed E-state index contributed by atoms with van der Waals surface area (Å²) in [7, 11) is 0. The standard InChI is InChI=1S/C19H37N5.C9H9Br3.C3H10N2/c20-7-3-1-2-6-17-12-18(15-23-10-4-8-21)14-19(13-17)16-24-11-5-9-22;10-4-7-1-8(5-11)3-9(2-7)6-12;4-2-1-3-5/h12-14,23-24H,1-11,15-16,20-22H2;1-3H,4-6H2;1-5H2. The monoisotopic (exact) mass is 763 g/mol. The molecule has 0 spiro atoms. The van der Waals surface area contributed by atoms with E-state index in [9.17, 15) is 0 Å². The Kier molecular flexibility index (Phi) is 29.4. The van der Waals surface area contributed by atoms with Crippen molar-refractivity contribution in [2.24, 2.45) is 28.7 Å². The molecule has 0 aliphatic rings. The molecular formula is C31H56Br3N7. The van der Waals surface area contributed by atoms with Gasteiger partial charge in [0.2, 0.25) is 0 Å². The maximum absolute atomic E-state index is 5.58. The third-order valence-electron chi connectivity index (χ3n) is 6.04. The Morgan fingerprint density at radius 2 is 0.780 bits per heavy atom. The maximum Gasteiger partial charge on any atom is 0.0283 e. The zero-order chi connectivity index (χ0) is 30.6. The van der Waals surface area contributed by atoms with Gasteiger partial charge in [-0.3, -0.25) is 0 Å². The van der Waals surface area contributed by atoms with Crippen molar-refractivity contribution in [1.82, 2.24) is 10.6 Å². The Morgan fingerprint density at radius 3 is 1.12 bits per heavy atom. The van der Waals surface area contributed by atoms with Crippen molar-refractivity contribution in [1.29, 1.82) is 0 Å². The van der Waals surface area contributed by atoms with Crippen molar-refractivity contribution in [3.05, 3.63) is 69.8 Å². The highest BCUT2D eigenvalue weighted by Gasteiger charge is 2.03. The fourth-order valence-electron chi connectivity index (χ4n) is 3.95. The summed E-state index contributed by atoms with van der Waals surface area (Å²) < 4.78 is 0. The van der Waals surface area contributed by atoms with Crippen molar-refractivity contribution in [2.75, 3.05) is 45.8 Å². The SMILES string of the molecule is BrCc1cc(CBr)cc(CBr)c1.NCCCCCc1cc(CNCCCN)cc(CNCCCN)c1.NCCCN. The molecule has 0 saturated carbocycles. The van der Waals surface area contributed by atoms with E-state index in [1.165, 1.54) is 46.2 Å². The van der Waals surface area contributed by atoms with E-state index in [4.69, 9.17) is 28.7 Å². The van der Waals surface area contributed by atoms with Gasteiger partial charge >= 0.3 is 0 Å². The van der Waals surface area contributed by atoms with Gasteiger partial charge in [0.15, 0.2) is 0 Å². The van der Waals surface area contributed by atoms with E-state index in [1.807, 2.05) is 0 Å². The average molecular weight is 767 g/mol. The molecule has 2 aromatic rings. The van der Waals surface area contributed by atoms with Gasteiger partial charge in [0.1, 0.15) is 0 Å². The molecule has 0 saturated heterocycles. The van der Waals surface area contributed by atoms with Gasteiger partial charge in [0.25, 0.3) is 0 Å². The van der Waals surface area contributed by atoms with Crippen LogP contribution in [0.1, 0.15) is 71.9 Å². The van der Waals surface area contributed by atoms with Crippen LogP contribution in [-0.2, 0) is 35.5 Å². The Bertz CT molecular complexity index is 740. The highest BCUT2D eigenvalue weighted by atomic mass is 79.9. The van der Waals surface area contributed by atoms with Gasteiger partial charge in [-0.1, -0.05) is 90.6 Å². The summed E-state index contributed by atoms with van der Waals surface area (Å²) in [6, 6.07) is 13.6. The van der Waals surface area contributed by atoms with Crippen molar-refractivity contribution >= 4 is 47.8 Å². The van der Waals surface area contributed by atoms with E-state index >= 15 is 0 Å². The van der Waals surface area contributed by atoms with Crippen LogP contribution >= 0.6 is 47.8 Å². The highest BCUT2D eigenvalue weighted by molar-refractivity contribution is 9.09. The number of benzene rings is 2. The van der Waals surface area contributed by atoms with E-state index in [2.05, 4.69) is 94.8 Å². The number of hydrogen-bond donors (Lipinski definition) is 7. The van der Waals surface area contributed by atoms with Gasteiger partial charge in [-0.15, -0.1) is 0 Å². The molecule has 2 aromatic carbocycles. The smallest absolute Gasteiger partial charge is 0.0283 e. The van der Waals surface area contributed by atoms with Crippen molar-refractivity contribution in [3.8, 4) is 0 Å². The Labute approximate surface area is 275 Å². The van der Waals surface area contributed by atoms with Crippen molar-refractivity contribution in [2.45, 2.75) is 74.0 Å². The van der Waals surface area contributed by atoms with Crippen LogP contribution in [0.2, 0.25) is 0 Å². The summed E-state index contributed by atoms with van der Waals surface area (Å²) >= 11 is 10.4. The van der Waals surface area contributed by atoms with Crippen LogP contribution < -0.4 is 39.3 Å². The first-order valence-electron chi connectivity index (χ1n) is 14.8. The number of aryl methyl sites for hydroxylation is 1. The fourth-order valence-corrected chi connectivity index (χ4v) is 4.92. The van der Waals surface area contributed by atoms with Gasteiger partial charge in [-0.25, -0.2) is 0 Å². The Morgan fingerprint density at radius 1 is 0.415 bits per heavy atom. The lowest BCUT2D eigenvalue weighted by Gasteiger charge is -2.12. The minimum Gasteiger partial charge on any atom is -0.330 e. The molecule has 7 nitrogen and oxygen atoms in total. The zero-order valence-corrected chi connectivity index (χ0v) is 29.7. The first kappa shape index (κ1) is 40.6. The molecule has 0 aromatic heterocycles. The van der Waals surface area contributed by atoms with E-state index in [0.717, 1.165) is 107 Å². The lowest BCUT2D eigenvalue weighted by Crippen LogP contribution is -2.19. The lowest BCUT2D eigenvalue weighted by molar-refractivity contribution is 0.644. The third kappa shape index (κ3) is 22.8. The fraction of sp³-hybridized carbons (Fsp3) is 0.613. The number of nitrogens with one attached hydrogen (secondary N) is 2. The molecule has 2 rings (SSSR count). The molecule has 10 heteroatoms. The molecule has 0 atom stereocenters. The molecule has 0 amide bonds. The quantitative estimate of drug-likeness (QED) is 0.0748. The third-order valence-corrected chi connectivity index (χ3v) is 7.98. The second-order valence-corrected chi connectivity index (χ2v) is 11.6. The van der Waals surface area contributed by atoms with Crippen LogP contribution in [0, 0.1) is 0 Å². The van der Waals surface area contributed by atoms with Gasteiger partial charge in [-0.05, 0) is 118 Å². The number of rotatable bonds is 20. The van der Waals surface area contributed by atoms with Crippen LogP contribution in [0.15, 0.2) is 36.4 Å². The normalized spacial score (nSPS) is 10.5.